The molecule has 0 radical (unpaired) electrons. The highest BCUT2D eigenvalue weighted by Gasteiger charge is 2.05. The summed E-state index contributed by atoms with van der Waals surface area (Å²) in [5.41, 5.74) is 1.41. The number of rotatable bonds is 10. The van der Waals surface area contributed by atoms with Gasteiger partial charge in [-0.05, 0) is 43.5 Å². The first-order valence-electron chi connectivity index (χ1n) is 7.68. The van der Waals surface area contributed by atoms with Gasteiger partial charge in [-0.15, -0.1) is 11.8 Å². The minimum absolute atomic E-state index is 0.590. The summed E-state index contributed by atoms with van der Waals surface area (Å²) in [6, 6.07) is 8.97. The normalized spacial score (nSPS) is 12.8. The van der Waals surface area contributed by atoms with Crippen molar-refractivity contribution in [2.75, 3.05) is 26.3 Å². The second kappa shape index (κ2) is 10.3. The number of ether oxygens (including phenoxy) is 1. The Morgan fingerprint density at radius 2 is 1.85 bits per heavy atom. The van der Waals surface area contributed by atoms with Crippen LogP contribution in [0.15, 0.2) is 29.2 Å². The third kappa shape index (κ3) is 7.32. The molecular formula is C17H29NOS. The van der Waals surface area contributed by atoms with E-state index in [1.807, 2.05) is 18.7 Å². The van der Waals surface area contributed by atoms with E-state index in [0.29, 0.717) is 11.2 Å². The van der Waals surface area contributed by atoms with Crippen LogP contribution in [-0.2, 0) is 4.74 Å². The minimum Gasteiger partial charge on any atom is -0.382 e. The van der Waals surface area contributed by atoms with E-state index in [9.17, 15) is 0 Å². The van der Waals surface area contributed by atoms with E-state index in [0.717, 1.165) is 32.7 Å². The second-order valence-corrected chi connectivity index (χ2v) is 6.92. The molecule has 0 saturated carbocycles. The van der Waals surface area contributed by atoms with Crippen LogP contribution in [0.25, 0.3) is 0 Å². The molecule has 3 heteroatoms. The van der Waals surface area contributed by atoms with Crippen molar-refractivity contribution in [3.8, 4) is 0 Å². The third-order valence-corrected chi connectivity index (χ3v) is 4.28. The number of benzene rings is 1. The van der Waals surface area contributed by atoms with Crippen LogP contribution in [0.1, 0.15) is 45.6 Å². The van der Waals surface area contributed by atoms with Gasteiger partial charge in [-0.2, -0.15) is 0 Å². The predicted molar refractivity (Wildman–Crippen MR) is 89.8 cm³/mol. The summed E-state index contributed by atoms with van der Waals surface area (Å²) in [4.78, 5) is 1.36. The number of nitrogens with one attached hydrogen (secondary N) is 1. The van der Waals surface area contributed by atoms with Gasteiger partial charge in [0.05, 0.1) is 0 Å². The Morgan fingerprint density at radius 3 is 2.45 bits per heavy atom. The summed E-state index contributed by atoms with van der Waals surface area (Å²) in [6.45, 7) is 12.5. The van der Waals surface area contributed by atoms with E-state index in [4.69, 9.17) is 4.74 Å². The van der Waals surface area contributed by atoms with Crippen molar-refractivity contribution in [2.45, 2.75) is 50.2 Å². The molecule has 0 aromatic heterocycles. The van der Waals surface area contributed by atoms with Crippen molar-refractivity contribution in [1.82, 2.24) is 5.32 Å². The highest BCUT2D eigenvalue weighted by atomic mass is 32.2. The van der Waals surface area contributed by atoms with Crippen LogP contribution in [0.3, 0.4) is 0 Å². The van der Waals surface area contributed by atoms with Gasteiger partial charge in [0.2, 0.25) is 0 Å². The highest BCUT2D eigenvalue weighted by molar-refractivity contribution is 8.00. The van der Waals surface area contributed by atoms with Crippen LogP contribution in [-0.4, -0.2) is 31.6 Å². The lowest BCUT2D eigenvalue weighted by atomic mass is 10.0. The van der Waals surface area contributed by atoms with Crippen LogP contribution in [0.4, 0.5) is 0 Å². The van der Waals surface area contributed by atoms with Gasteiger partial charge in [-0.25, -0.2) is 0 Å². The van der Waals surface area contributed by atoms with Crippen LogP contribution in [0.5, 0.6) is 0 Å². The average molecular weight is 295 g/mol. The molecule has 20 heavy (non-hydrogen) atoms. The Kier molecular flexibility index (Phi) is 8.99. The average Bonchev–Trinajstić information content (AvgIpc) is 2.43. The first-order chi connectivity index (χ1) is 9.63. The third-order valence-electron chi connectivity index (χ3n) is 3.16. The van der Waals surface area contributed by atoms with Crippen molar-refractivity contribution >= 4 is 11.8 Å². The lowest BCUT2D eigenvalue weighted by Crippen LogP contribution is -2.24. The topological polar surface area (TPSA) is 21.3 Å². The first-order valence-corrected chi connectivity index (χ1v) is 8.56. The maximum absolute atomic E-state index is 5.32. The molecule has 0 amide bonds. The van der Waals surface area contributed by atoms with Gasteiger partial charge in [-0.1, -0.05) is 32.9 Å². The fourth-order valence-electron chi connectivity index (χ4n) is 1.95. The second-order valence-electron chi connectivity index (χ2n) is 5.41. The van der Waals surface area contributed by atoms with Crippen molar-refractivity contribution in [1.29, 1.82) is 0 Å². The molecular weight excluding hydrogens is 266 g/mol. The molecule has 0 heterocycles. The monoisotopic (exact) mass is 295 g/mol. The summed E-state index contributed by atoms with van der Waals surface area (Å²) >= 11 is 1.94. The van der Waals surface area contributed by atoms with Crippen LogP contribution in [0, 0.1) is 0 Å². The molecule has 1 unspecified atom stereocenters. The molecule has 0 aliphatic heterocycles. The summed E-state index contributed by atoms with van der Waals surface area (Å²) in [5.74, 6) is 0.610. The molecule has 1 N–H and O–H groups in total. The molecule has 0 bridgehead atoms. The lowest BCUT2D eigenvalue weighted by Gasteiger charge is -2.13. The van der Waals surface area contributed by atoms with Crippen molar-refractivity contribution in [2.24, 2.45) is 0 Å². The molecule has 0 aliphatic carbocycles. The van der Waals surface area contributed by atoms with Gasteiger partial charge in [0.1, 0.15) is 0 Å². The molecule has 1 aromatic rings. The lowest BCUT2D eigenvalue weighted by molar-refractivity contribution is 0.145. The molecule has 1 atom stereocenters. The Hall–Kier alpha value is -0.510. The van der Waals surface area contributed by atoms with E-state index in [2.05, 4.69) is 50.4 Å². The number of hydrogen-bond acceptors (Lipinski definition) is 3. The highest BCUT2D eigenvalue weighted by Crippen LogP contribution is 2.24. The van der Waals surface area contributed by atoms with Crippen LogP contribution in [0.2, 0.25) is 0 Å². The van der Waals surface area contributed by atoms with E-state index >= 15 is 0 Å². The Balaban J connectivity index is 2.19. The van der Waals surface area contributed by atoms with Crippen LogP contribution < -0.4 is 5.32 Å². The predicted octanol–water partition coefficient (Wildman–Crippen LogP) is 4.31. The van der Waals surface area contributed by atoms with Crippen LogP contribution >= 0.6 is 11.8 Å². The smallest absolute Gasteiger partial charge is 0.0477 e. The fraction of sp³-hybridized carbons (Fsp3) is 0.647. The zero-order valence-corrected chi connectivity index (χ0v) is 14.1. The summed E-state index contributed by atoms with van der Waals surface area (Å²) in [7, 11) is 0. The number of hydrogen-bond donors (Lipinski definition) is 1. The minimum atomic E-state index is 0.590. The van der Waals surface area contributed by atoms with Gasteiger partial charge < -0.3 is 10.1 Å². The Morgan fingerprint density at radius 1 is 1.15 bits per heavy atom. The zero-order chi connectivity index (χ0) is 14.8. The van der Waals surface area contributed by atoms with Gasteiger partial charge in [0, 0.05) is 29.9 Å². The standard InChI is InChI=1S/C17H29NOS/c1-5-19-12-6-11-18-13-15(4)20-17-9-7-16(8-10-17)14(2)3/h7-10,14-15,18H,5-6,11-13H2,1-4H3. The summed E-state index contributed by atoms with van der Waals surface area (Å²) < 4.78 is 5.32. The quantitative estimate of drug-likeness (QED) is 0.513. The summed E-state index contributed by atoms with van der Waals surface area (Å²) in [6.07, 6.45) is 1.09. The van der Waals surface area contributed by atoms with E-state index in [1.54, 1.807) is 0 Å². The maximum atomic E-state index is 5.32. The molecule has 1 rings (SSSR count). The van der Waals surface area contributed by atoms with Gasteiger partial charge in [0.15, 0.2) is 0 Å². The largest absolute Gasteiger partial charge is 0.382 e. The molecule has 0 fully saturated rings. The van der Waals surface area contributed by atoms with Crippen molar-refractivity contribution in [3.05, 3.63) is 29.8 Å². The molecule has 114 valence electrons. The Bertz CT molecular complexity index is 351. The van der Waals surface area contributed by atoms with Gasteiger partial charge in [0.25, 0.3) is 0 Å². The molecule has 0 saturated heterocycles. The van der Waals surface area contributed by atoms with Crippen molar-refractivity contribution < 1.29 is 4.74 Å². The van der Waals surface area contributed by atoms with Crippen molar-refractivity contribution in [3.63, 3.8) is 0 Å². The SMILES string of the molecule is CCOCCCNCC(C)Sc1ccc(C(C)C)cc1. The fourth-order valence-corrected chi connectivity index (χ4v) is 2.91. The maximum Gasteiger partial charge on any atom is 0.0477 e. The molecule has 0 aliphatic rings. The van der Waals surface area contributed by atoms with E-state index in [-0.39, 0.29) is 0 Å². The molecule has 0 spiro atoms. The first kappa shape index (κ1) is 17.5. The van der Waals surface area contributed by atoms with E-state index < -0.39 is 0 Å². The molecule has 2 nitrogen and oxygen atoms in total. The zero-order valence-electron chi connectivity index (χ0n) is 13.3. The summed E-state index contributed by atoms with van der Waals surface area (Å²) in [5, 5.41) is 4.08. The number of thioether (sulfide) groups is 1. The van der Waals surface area contributed by atoms with E-state index in [1.165, 1.54) is 10.5 Å². The Labute approximate surface area is 128 Å². The molecule has 1 aromatic carbocycles. The van der Waals surface area contributed by atoms with Gasteiger partial charge in [-0.3, -0.25) is 0 Å². The van der Waals surface area contributed by atoms with Gasteiger partial charge >= 0.3 is 0 Å².